The van der Waals surface area contributed by atoms with Gasteiger partial charge in [-0.15, -0.1) is 0 Å². The summed E-state index contributed by atoms with van der Waals surface area (Å²) in [5, 5.41) is 4.35. The molecule has 0 spiro atoms. The van der Waals surface area contributed by atoms with Gasteiger partial charge in [-0.25, -0.2) is 0 Å². The monoisotopic (exact) mass is 314 g/mol. The zero-order valence-electron chi connectivity index (χ0n) is 12.2. The first kappa shape index (κ1) is 14.5. The fourth-order valence-corrected chi connectivity index (χ4v) is 2.58. The summed E-state index contributed by atoms with van der Waals surface area (Å²) in [6.45, 7) is 1.96. The molecule has 0 atom stereocenters. The van der Waals surface area contributed by atoms with Crippen molar-refractivity contribution in [3.8, 4) is 5.75 Å². The summed E-state index contributed by atoms with van der Waals surface area (Å²) >= 11 is 6.12. The SMILES string of the molecule is COc1ccc(C)cc1NC(=O)c1cc2cccc(Cl)c2[nH]1. The molecule has 0 unspecified atom stereocenters. The summed E-state index contributed by atoms with van der Waals surface area (Å²) in [5.74, 6) is 0.379. The standard InChI is InChI=1S/C17H15ClN2O2/c1-10-6-7-15(22-2)13(8-10)20-17(21)14-9-11-4-3-5-12(18)16(11)19-14/h3-9,19H,1-2H3,(H,20,21). The van der Waals surface area contributed by atoms with Gasteiger partial charge in [-0.3, -0.25) is 4.79 Å². The number of methoxy groups -OCH3 is 1. The number of amides is 1. The second-order valence-corrected chi connectivity index (χ2v) is 5.45. The van der Waals surface area contributed by atoms with Gasteiger partial charge in [0.25, 0.3) is 5.91 Å². The third-order valence-electron chi connectivity index (χ3n) is 3.45. The summed E-state index contributed by atoms with van der Waals surface area (Å²) in [5.41, 5.74) is 2.88. The Morgan fingerprint density at radius 1 is 1.23 bits per heavy atom. The van der Waals surface area contributed by atoms with E-state index in [1.54, 1.807) is 19.2 Å². The molecule has 1 amide bonds. The molecule has 5 heteroatoms. The third kappa shape index (κ3) is 2.65. The van der Waals surface area contributed by atoms with Crippen LogP contribution in [0.15, 0.2) is 42.5 Å². The second kappa shape index (κ2) is 5.73. The minimum atomic E-state index is -0.240. The smallest absolute Gasteiger partial charge is 0.272 e. The predicted molar refractivity (Wildman–Crippen MR) is 89.0 cm³/mol. The van der Waals surface area contributed by atoms with Gasteiger partial charge in [-0.2, -0.15) is 0 Å². The molecule has 0 saturated carbocycles. The first-order chi connectivity index (χ1) is 10.6. The van der Waals surface area contributed by atoms with Crippen molar-refractivity contribution in [3.63, 3.8) is 0 Å². The molecule has 0 saturated heterocycles. The van der Waals surface area contributed by atoms with Gasteiger partial charge in [0.1, 0.15) is 11.4 Å². The zero-order chi connectivity index (χ0) is 15.7. The van der Waals surface area contributed by atoms with E-state index in [1.165, 1.54) is 0 Å². The number of benzene rings is 2. The Bertz CT molecular complexity index is 855. The van der Waals surface area contributed by atoms with E-state index >= 15 is 0 Å². The fourth-order valence-electron chi connectivity index (χ4n) is 2.35. The summed E-state index contributed by atoms with van der Waals surface area (Å²) in [6, 6.07) is 12.9. The van der Waals surface area contributed by atoms with Gasteiger partial charge in [0, 0.05) is 5.39 Å². The number of hydrogen-bond donors (Lipinski definition) is 2. The van der Waals surface area contributed by atoms with E-state index in [9.17, 15) is 4.79 Å². The van der Waals surface area contributed by atoms with Crippen LogP contribution in [0.2, 0.25) is 5.02 Å². The van der Waals surface area contributed by atoms with Crippen LogP contribution in [0.25, 0.3) is 10.9 Å². The van der Waals surface area contributed by atoms with Crippen LogP contribution in [0.5, 0.6) is 5.75 Å². The molecule has 22 heavy (non-hydrogen) atoms. The van der Waals surface area contributed by atoms with Gasteiger partial charge in [0.05, 0.1) is 23.3 Å². The topological polar surface area (TPSA) is 54.1 Å². The normalized spacial score (nSPS) is 10.7. The minimum absolute atomic E-state index is 0.240. The third-order valence-corrected chi connectivity index (χ3v) is 3.77. The highest BCUT2D eigenvalue weighted by Gasteiger charge is 2.13. The fraction of sp³-hybridized carbons (Fsp3) is 0.118. The van der Waals surface area contributed by atoms with Gasteiger partial charge >= 0.3 is 0 Å². The first-order valence-corrected chi connectivity index (χ1v) is 7.19. The molecule has 0 aliphatic heterocycles. The second-order valence-electron chi connectivity index (χ2n) is 5.04. The van der Waals surface area contributed by atoms with E-state index in [1.807, 2.05) is 37.3 Å². The minimum Gasteiger partial charge on any atom is -0.495 e. The average Bonchev–Trinajstić information content (AvgIpc) is 2.93. The van der Waals surface area contributed by atoms with E-state index in [2.05, 4.69) is 10.3 Å². The lowest BCUT2D eigenvalue weighted by Crippen LogP contribution is -2.13. The number of carbonyl (C=O) groups excluding carboxylic acids is 1. The van der Waals surface area contributed by atoms with Crippen molar-refractivity contribution in [3.05, 3.63) is 58.7 Å². The molecule has 112 valence electrons. The number of aromatic nitrogens is 1. The number of ether oxygens (including phenoxy) is 1. The lowest BCUT2D eigenvalue weighted by molar-refractivity contribution is 0.102. The van der Waals surface area contributed by atoms with Crippen molar-refractivity contribution in [2.75, 3.05) is 12.4 Å². The molecule has 1 heterocycles. The number of nitrogens with one attached hydrogen (secondary N) is 2. The van der Waals surface area contributed by atoms with Crippen molar-refractivity contribution in [2.45, 2.75) is 6.92 Å². The highest BCUT2D eigenvalue weighted by molar-refractivity contribution is 6.35. The lowest BCUT2D eigenvalue weighted by Gasteiger charge is -2.10. The molecular weight excluding hydrogens is 300 g/mol. The molecule has 3 aromatic rings. The lowest BCUT2D eigenvalue weighted by atomic mass is 10.2. The number of anilines is 1. The Kier molecular flexibility index (Phi) is 3.77. The van der Waals surface area contributed by atoms with Crippen LogP contribution in [0.4, 0.5) is 5.69 Å². The van der Waals surface area contributed by atoms with E-state index in [4.69, 9.17) is 16.3 Å². The molecule has 2 aromatic carbocycles. The average molecular weight is 315 g/mol. The van der Waals surface area contributed by atoms with Crippen LogP contribution >= 0.6 is 11.6 Å². The Labute approximate surface area is 133 Å². The molecule has 0 radical (unpaired) electrons. The first-order valence-electron chi connectivity index (χ1n) is 6.81. The van der Waals surface area contributed by atoms with Crippen molar-refractivity contribution in [2.24, 2.45) is 0 Å². The molecule has 0 aliphatic rings. The number of H-pyrrole nitrogens is 1. The number of para-hydroxylation sites is 1. The molecular formula is C17H15ClN2O2. The van der Waals surface area contributed by atoms with Gasteiger partial charge in [-0.1, -0.05) is 29.8 Å². The summed E-state index contributed by atoms with van der Waals surface area (Å²) < 4.78 is 5.27. The summed E-state index contributed by atoms with van der Waals surface area (Å²) in [6.07, 6.45) is 0. The Hall–Kier alpha value is -2.46. The van der Waals surface area contributed by atoms with E-state index in [0.717, 1.165) is 16.5 Å². The van der Waals surface area contributed by atoms with Crippen molar-refractivity contribution in [1.82, 2.24) is 4.98 Å². The van der Waals surface area contributed by atoms with Gasteiger partial charge < -0.3 is 15.0 Å². The molecule has 0 aliphatic carbocycles. The Morgan fingerprint density at radius 3 is 2.77 bits per heavy atom. The van der Waals surface area contributed by atoms with Crippen LogP contribution in [0, 0.1) is 6.92 Å². The van der Waals surface area contributed by atoms with Crippen LogP contribution in [-0.2, 0) is 0 Å². The van der Waals surface area contributed by atoms with Crippen molar-refractivity contribution >= 4 is 34.1 Å². The molecule has 3 rings (SSSR count). The highest BCUT2D eigenvalue weighted by atomic mass is 35.5. The molecule has 0 fully saturated rings. The van der Waals surface area contributed by atoms with Crippen LogP contribution in [0.1, 0.15) is 16.1 Å². The maximum absolute atomic E-state index is 12.4. The van der Waals surface area contributed by atoms with E-state index < -0.39 is 0 Å². The zero-order valence-corrected chi connectivity index (χ0v) is 13.0. The Balaban J connectivity index is 1.93. The van der Waals surface area contributed by atoms with Gasteiger partial charge in [-0.05, 0) is 36.8 Å². The molecule has 0 bridgehead atoms. The number of hydrogen-bond acceptors (Lipinski definition) is 2. The van der Waals surface area contributed by atoms with Crippen LogP contribution in [0.3, 0.4) is 0 Å². The van der Waals surface area contributed by atoms with Gasteiger partial charge in [0.2, 0.25) is 0 Å². The number of halogens is 1. The predicted octanol–water partition coefficient (Wildman–Crippen LogP) is 4.39. The largest absolute Gasteiger partial charge is 0.495 e. The van der Waals surface area contributed by atoms with Crippen molar-refractivity contribution in [1.29, 1.82) is 0 Å². The number of aromatic amines is 1. The molecule has 1 aromatic heterocycles. The van der Waals surface area contributed by atoms with Crippen molar-refractivity contribution < 1.29 is 9.53 Å². The maximum Gasteiger partial charge on any atom is 0.272 e. The molecule has 4 nitrogen and oxygen atoms in total. The summed E-state index contributed by atoms with van der Waals surface area (Å²) in [4.78, 5) is 15.5. The number of aryl methyl sites for hydroxylation is 1. The van der Waals surface area contributed by atoms with E-state index in [-0.39, 0.29) is 5.91 Å². The quantitative estimate of drug-likeness (QED) is 0.753. The molecule has 2 N–H and O–H groups in total. The highest BCUT2D eigenvalue weighted by Crippen LogP contribution is 2.27. The number of carbonyl (C=O) groups is 1. The maximum atomic E-state index is 12.4. The van der Waals surface area contributed by atoms with Gasteiger partial charge in [0.15, 0.2) is 0 Å². The Morgan fingerprint density at radius 2 is 2.05 bits per heavy atom. The van der Waals surface area contributed by atoms with Crippen LogP contribution < -0.4 is 10.1 Å². The van der Waals surface area contributed by atoms with E-state index in [0.29, 0.717) is 22.2 Å². The summed E-state index contributed by atoms with van der Waals surface area (Å²) in [7, 11) is 1.57. The number of rotatable bonds is 3. The van der Waals surface area contributed by atoms with Crippen LogP contribution in [-0.4, -0.2) is 18.0 Å². The number of fused-ring (bicyclic) bond motifs is 1.